The summed E-state index contributed by atoms with van der Waals surface area (Å²) in [6, 6.07) is 6.76. The van der Waals surface area contributed by atoms with E-state index < -0.39 is 10.0 Å². The fourth-order valence-corrected chi connectivity index (χ4v) is 5.19. The van der Waals surface area contributed by atoms with Crippen LogP contribution in [0.1, 0.15) is 17.9 Å². The van der Waals surface area contributed by atoms with E-state index >= 15 is 0 Å². The largest absolute Gasteiger partial charge is 0.360 e. The van der Waals surface area contributed by atoms with E-state index in [9.17, 15) is 13.2 Å². The second kappa shape index (κ2) is 5.57. The smallest absolute Gasteiger partial charge is 0.247 e. The standard InChI is InChI=1S/C16H18N4O4S/c1-9-15(10(2)24-18-9)25(22,23)19-11-7-14-16(21)17-12-5-3-4-6-13(12)20(14)8-11/h3-6,11,14,19H,7-8H2,1-2H3,(H,17,21). The Morgan fingerprint density at radius 3 is 2.80 bits per heavy atom. The molecule has 2 aromatic rings. The van der Waals surface area contributed by atoms with E-state index in [1.807, 2.05) is 29.2 Å². The summed E-state index contributed by atoms with van der Waals surface area (Å²) in [6.07, 6.45) is 0.406. The Morgan fingerprint density at radius 2 is 2.08 bits per heavy atom. The van der Waals surface area contributed by atoms with Crippen LogP contribution in [0.4, 0.5) is 11.4 Å². The van der Waals surface area contributed by atoms with Crippen molar-refractivity contribution in [3.05, 3.63) is 35.7 Å². The van der Waals surface area contributed by atoms with Crippen molar-refractivity contribution >= 4 is 27.3 Å². The number of rotatable bonds is 3. The minimum atomic E-state index is -3.76. The number of hydrogen-bond acceptors (Lipinski definition) is 6. The molecule has 0 aliphatic carbocycles. The van der Waals surface area contributed by atoms with E-state index in [4.69, 9.17) is 4.52 Å². The second-order valence-corrected chi connectivity index (χ2v) is 8.03. The van der Waals surface area contributed by atoms with Crippen LogP contribution in [0.2, 0.25) is 0 Å². The van der Waals surface area contributed by atoms with Crippen LogP contribution in [0.15, 0.2) is 33.7 Å². The molecule has 1 amide bonds. The van der Waals surface area contributed by atoms with Gasteiger partial charge in [-0.1, -0.05) is 17.3 Å². The number of sulfonamides is 1. The first-order chi connectivity index (χ1) is 11.9. The third-order valence-corrected chi connectivity index (χ3v) is 6.40. The number of hydrogen-bond donors (Lipinski definition) is 2. The molecule has 2 atom stereocenters. The highest BCUT2D eigenvalue weighted by Gasteiger charge is 2.42. The number of amides is 1. The fourth-order valence-electron chi connectivity index (χ4n) is 3.62. The summed E-state index contributed by atoms with van der Waals surface area (Å²) in [5.41, 5.74) is 1.98. The lowest BCUT2D eigenvalue weighted by Gasteiger charge is -2.32. The molecule has 9 heteroatoms. The molecule has 1 aromatic heterocycles. The normalized spacial score (nSPS) is 22.5. The van der Waals surface area contributed by atoms with Crippen LogP contribution in [0.3, 0.4) is 0 Å². The second-order valence-electron chi connectivity index (χ2n) is 6.38. The maximum atomic E-state index is 12.7. The topological polar surface area (TPSA) is 105 Å². The Morgan fingerprint density at radius 1 is 1.32 bits per heavy atom. The van der Waals surface area contributed by atoms with Gasteiger partial charge in [-0.3, -0.25) is 4.79 Å². The molecule has 2 aliphatic heterocycles. The third-order valence-electron chi connectivity index (χ3n) is 4.63. The lowest BCUT2D eigenvalue weighted by molar-refractivity contribution is -0.117. The number of nitrogens with zero attached hydrogens (tertiary/aromatic N) is 2. The van der Waals surface area contributed by atoms with Crippen molar-refractivity contribution in [3.63, 3.8) is 0 Å². The molecule has 0 radical (unpaired) electrons. The third kappa shape index (κ3) is 2.59. The zero-order valence-electron chi connectivity index (χ0n) is 13.8. The summed E-state index contributed by atoms with van der Waals surface area (Å²) in [7, 11) is -3.76. The van der Waals surface area contributed by atoms with Crippen molar-refractivity contribution in [2.75, 3.05) is 16.8 Å². The van der Waals surface area contributed by atoms with Gasteiger partial charge in [0.1, 0.15) is 16.6 Å². The van der Waals surface area contributed by atoms with Crippen molar-refractivity contribution in [2.24, 2.45) is 0 Å². The lowest BCUT2D eigenvalue weighted by atomic mass is 10.1. The van der Waals surface area contributed by atoms with E-state index in [0.717, 1.165) is 11.4 Å². The van der Waals surface area contributed by atoms with E-state index in [1.165, 1.54) is 0 Å². The number of fused-ring (bicyclic) bond motifs is 3. The van der Waals surface area contributed by atoms with Crippen LogP contribution in [0.25, 0.3) is 0 Å². The average molecular weight is 362 g/mol. The summed E-state index contributed by atoms with van der Waals surface area (Å²) in [5, 5.41) is 6.58. The van der Waals surface area contributed by atoms with Crippen LogP contribution < -0.4 is 14.9 Å². The first-order valence-electron chi connectivity index (χ1n) is 7.98. The maximum Gasteiger partial charge on any atom is 0.247 e. The molecule has 4 rings (SSSR count). The molecule has 0 spiro atoms. The van der Waals surface area contributed by atoms with Gasteiger partial charge >= 0.3 is 0 Å². The Bertz CT molecular complexity index is 933. The number of aryl methyl sites for hydroxylation is 2. The van der Waals surface area contributed by atoms with E-state index in [0.29, 0.717) is 18.7 Å². The molecular formula is C16H18N4O4S. The molecule has 1 saturated heterocycles. The monoisotopic (exact) mass is 362 g/mol. The number of nitrogens with one attached hydrogen (secondary N) is 2. The summed E-state index contributed by atoms with van der Waals surface area (Å²) < 4.78 is 33.0. The number of anilines is 2. The maximum absolute atomic E-state index is 12.7. The Kier molecular flexibility index (Phi) is 3.58. The van der Waals surface area contributed by atoms with Gasteiger partial charge in [-0.2, -0.15) is 0 Å². The van der Waals surface area contributed by atoms with E-state index in [1.54, 1.807) is 13.8 Å². The van der Waals surface area contributed by atoms with Crippen LogP contribution in [0, 0.1) is 13.8 Å². The van der Waals surface area contributed by atoms with Gasteiger partial charge in [-0.05, 0) is 32.4 Å². The highest BCUT2D eigenvalue weighted by molar-refractivity contribution is 7.89. The molecule has 3 heterocycles. The molecule has 132 valence electrons. The first kappa shape index (κ1) is 16.1. The van der Waals surface area contributed by atoms with Gasteiger partial charge in [0.25, 0.3) is 0 Å². The minimum absolute atomic E-state index is 0.0715. The number of carbonyl (C=O) groups excluding carboxylic acids is 1. The Balaban J connectivity index is 1.60. The molecule has 25 heavy (non-hydrogen) atoms. The minimum Gasteiger partial charge on any atom is -0.360 e. The summed E-state index contributed by atoms with van der Waals surface area (Å²) in [4.78, 5) is 14.4. The molecule has 2 aliphatic rings. The summed E-state index contributed by atoms with van der Waals surface area (Å²) >= 11 is 0. The molecular weight excluding hydrogens is 344 g/mol. The first-order valence-corrected chi connectivity index (χ1v) is 9.47. The predicted molar refractivity (Wildman–Crippen MR) is 90.9 cm³/mol. The van der Waals surface area contributed by atoms with Gasteiger partial charge in [0.15, 0.2) is 5.76 Å². The molecule has 1 aromatic carbocycles. The van der Waals surface area contributed by atoms with Gasteiger partial charge in [0.05, 0.1) is 11.4 Å². The van der Waals surface area contributed by atoms with Crippen molar-refractivity contribution in [2.45, 2.75) is 37.2 Å². The van der Waals surface area contributed by atoms with E-state index in [2.05, 4.69) is 15.2 Å². The number of para-hydroxylation sites is 2. The Hall–Kier alpha value is -2.39. The quantitative estimate of drug-likeness (QED) is 0.849. The van der Waals surface area contributed by atoms with Crippen molar-refractivity contribution in [3.8, 4) is 0 Å². The van der Waals surface area contributed by atoms with Gasteiger partial charge in [0.2, 0.25) is 15.9 Å². The highest BCUT2D eigenvalue weighted by atomic mass is 32.2. The molecule has 0 saturated carbocycles. The Labute approximate surface area is 145 Å². The molecule has 2 N–H and O–H groups in total. The van der Waals surface area contributed by atoms with Crippen molar-refractivity contribution in [1.82, 2.24) is 9.88 Å². The summed E-state index contributed by atoms with van der Waals surface area (Å²) in [5.74, 6) is 0.140. The fraction of sp³-hybridized carbons (Fsp3) is 0.375. The van der Waals surface area contributed by atoms with Gasteiger partial charge in [-0.15, -0.1) is 0 Å². The lowest BCUT2D eigenvalue weighted by Crippen LogP contribution is -2.44. The van der Waals surface area contributed by atoms with Gasteiger partial charge in [-0.25, -0.2) is 13.1 Å². The SMILES string of the molecule is Cc1noc(C)c1S(=O)(=O)NC1CC2C(=O)Nc3ccccc3N2C1. The number of aromatic nitrogens is 1. The van der Waals surface area contributed by atoms with Gasteiger partial charge < -0.3 is 14.7 Å². The number of carbonyl (C=O) groups is 1. The van der Waals surface area contributed by atoms with E-state index in [-0.39, 0.29) is 28.6 Å². The van der Waals surface area contributed by atoms with Crippen molar-refractivity contribution < 1.29 is 17.7 Å². The molecule has 0 bridgehead atoms. The van der Waals surface area contributed by atoms with Crippen LogP contribution >= 0.6 is 0 Å². The zero-order chi connectivity index (χ0) is 17.8. The van der Waals surface area contributed by atoms with Crippen LogP contribution in [-0.4, -0.2) is 38.1 Å². The summed E-state index contributed by atoms with van der Waals surface area (Å²) in [6.45, 7) is 3.58. The zero-order valence-corrected chi connectivity index (χ0v) is 14.6. The van der Waals surface area contributed by atoms with Crippen molar-refractivity contribution in [1.29, 1.82) is 0 Å². The highest BCUT2D eigenvalue weighted by Crippen LogP contribution is 2.36. The molecule has 8 nitrogen and oxygen atoms in total. The number of benzene rings is 1. The van der Waals surface area contributed by atoms with Gasteiger partial charge in [0, 0.05) is 12.6 Å². The average Bonchev–Trinajstić information content (AvgIpc) is 3.11. The van der Waals surface area contributed by atoms with Crippen LogP contribution in [0.5, 0.6) is 0 Å². The van der Waals surface area contributed by atoms with Crippen LogP contribution in [-0.2, 0) is 14.8 Å². The predicted octanol–water partition coefficient (Wildman–Crippen LogP) is 1.17. The molecule has 2 unspecified atom stereocenters. The molecule has 1 fully saturated rings.